The number of nitrogens with zero attached hydrogens (tertiary/aromatic N) is 3. The zero-order valence-corrected chi connectivity index (χ0v) is 17.8. The van der Waals surface area contributed by atoms with Gasteiger partial charge in [-0.2, -0.15) is 5.26 Å². The minimum Gasteiger partial charge on any atom is -0.382 e. The fraction of sp³-hybridized carbons (Fsp3) is 0.400. The summed E-state index contributed by atoms with van der Waals surface area (Å²) in [4.78, 5) is 10.1. The van der Waals surface area contributed by atoms with Gasteiger partial charge in [0, 0.05) is 18.1 Å². The SMILES string of the molecule is COC1CCC2(CC1)Cc1ccc(-c3cc(F)cc(C#N)c3)cc1[C@@]21N=C(C)C(N)=N1. The molecule has 5 rings (SSSR count). The van der Waals surface area contributed by atoms with Crippen LogP contribution in [0.5, 0.6) is 0 Å². The highest BCUT2D eigenvalue weighted by Gasteiger charge is 2.60. The Labute approximate surface area is 181 Å². The van der Waals surface area contributed by atoms with E-state index in [0.29, 0.717) is 17.0 Å². The largest absolute Gasteiger partial charge is 0.382 e. The summed E-state index contributed by atoms with van der Waals surface area (Å²) in [7, 11) is 1.77. The first-order chi connectivity index (χ1) is 14.9. The molecule has 3 aliphatic rings. The number of methoxy groups -OCH3 is 1. The van der Waals surface area contributed by atoms with Gasteiger partial charge in [-0.15, -0.1) is 0 Å². The minimum absolute atomic E-state index is 0.134. The van der Waals surface area contributed by atoms with Crippen molar-refractivity contribution in [3.63, 3.8) is 0 Å². The molecule has 2 spiro atoms. The van der Waals surface area contributed by atoms with Crippen molar-refractivity contribution in [3.8, 4) is 17.2 Å². The first kappa shape index (κ1) is 19.9. The van der Waals surface area contributed by atoms with Gasteiger partial charge in [0.15, 0.2) is 5.66 Å². The maximum Gasteiger partial charge on any atom is 0.184 e. The maximum atomic E-state index is 14.1. The van der Waals surface area contributed by atoms with E-state index in [1.807, 2.05) is 19.1 Å². The quantitative estimate of drug-likeness (QED) is 0.783. The standard InChI is InChI=1S/C25H25FN4O/c1-15-23(28)30-25(29-15)22-12-17(19-9-16(14-27)10-20(26)11-19)3-4-18(22)13-24(25)7-5-21(31-2)6-8-24/h3-4,9-12,21H,5-8,13H2,1-2H3,(H2,28,30)/t21?,24?,25-/m0/s1. The van der Waals surface area contributed by atoms with E-state index in [4.69, 9.17) is 20.5 Å². The molecule has 0 bridgehead atoms. The van der Waals surface area contributed by atoms with Gasteiger partial charge in [-0.05, 0) is 80.0 Å². The first-order valence-electron chi connectivity index (χ1n) is 10.7. The van der Waals surface area contributed by atoms with E-state index in [0.717, 1.165) is 48.9 Å². The summed E-state index contributed by atoms with van der Waals surface area (Å²) in [6, 6.07) is 12.6. The van der Waals surface area contributed by atoms with Gasteiger partial charge in [0.1, 0.15) is 11.7 Å². The number of halogens is 1. The zero-order valence-electron chi connectivity index (χ0n) is 17.8. The number of fused-ring (bicyclic) bond motifs is 3. The van der Waals surface area contributed by atoms with E-state index >= 15 is 0 Å². The Balaban J connectivity index is 1.65. The van der Waals surface area contributed by atoms with Crippen LogP contribution in [0.25, 0.3) is 11.1 Å². The fourth-order valence-electron chi connectivity index (χ4n) is 5.67. The topological polar surface area (TPSA) is 83.8 Å². The second kappa shape index (κ2) is 7.00. The summed E-state index contributed by atoms with van der Waals surface area (Å²) < 4.78 is 19.7. The Kier molecular flexibility index (Phi) is 4.49. The second-order valence-electron chi connectivity index (χ2n) is 8.97. The molecule has 0 radical (unpaired) electrons. The van der Waals surface area contributed by atoms with Gasteiger partial charge in [0.2, 0.25) is 0 Å². The van der Waals surface area contributed by atoms with E-state index in [9.17, 15) is 9.65 Å². The highest BCUT2D eigenvalue weighted by molar-refractivity contribution is 6.41. The average Bonchev–Trinajstić information content (AvgIpc) is 3.21. The summed E-state index contributed by atoms with van der Waals surface area (Å²) >= 11 is 0. The summed E-state index contributed by atoms with van der Waals surface area (Å²) in [5.74, 6) is 0.0691. The van der Waals surface area contributed by atoms with Crippen molar-refractivity contribution in [2.45, 2.75) is 50.8 Å². The predicted molar refractivity (Wildman–Crippen MR) is 118 cm³/mol. The van der Waals surface area contributed by atoms with Gasteiger partial charge < -0.3 is 10.5 Å². The van der Waals surface area contributed by atoms with Gasteiger partial charge in [-0.25, -0.2) is 9.38 Å². The van der Waals surface area contributed by atoms with E-state index in [2.05, 4.69) is 12.1 Å². The summed E-state index contributed by atoms with van der Waals surface area (Å²) in [6.45, 7) is 1.91. The first-order valence-corrected chi connectivity index (χ1v) is 10.7. The Bertz CT molecular complexity index is 1150. The molecular weight excluding hydrogens is 391 g/mol. The number of ether oxygens (including phenoxy) is 1. The van der Waals surface area contributed by atoms with Crippen molar-refractivity contribution >= 4 is 11.5 Å². The van der Waals surface area contributed by atoms with Gasteiger partial charge in [0.25, 0.3) is 0 Å². The van der Waals surface area contributed by atoms with E-state index in [-0.39, 0.29) is 11.5 Å². The predicted octanol–water partition coefficient (Wildman–Crippen LogP) is 4.48. The van der Waals surface area contributed by atoms with Crippen LogP contribution >= 0.6 is 0 Å². The maximum absolute atomic E-state index is 14.1. The van der Waals surface area contributed by atoms with Gasteiger partial charge in [0.05, 0.1) is 23.4 Å². The molecule has 2 aromatic carbocycles. The highest BCUT2D eigenvalue weighted by Crippen LogP contribution is 2.62. The Morgan fingerprint density at radius 1 is 1.13 bits per heavy atom. The van der Waals surface area contributed by atoms with Gasteiger partial charge >= 0.3 is 0 Å². The van der Waals surface area contributed by atoms with Crippen molar-refractivity contribution in [2.24, 2.45) is 21.1 Å². The van der Waals surface area contributed by atoms with Crippen LogP contribution in [0.15, 0.2) is 46.4 Å². The lowest BCUT2D eigenvalue weighted by molar-refractivity contribution is -0.000372. The number of aliphatic imine (C=N–C) groups is 2. The van der Waals surface area contributed by atoms with E-state index in [1.165, 1.54) is 17.7 Å². The zero-order chi connectivity index (χ0) is 21.8. The van der Waals surface area contributed by atoms with Crippen LogP contribution in [0.4, 0.5) is 4.39 Å². The number of nitriles is 1. The lowest BCUT2D eigenvalue weighted by atomic mass is 9.65. The minimum atomic E-state index is -0.739. The molecule has 158 valence electrons. The molecule has 1 fully saturated rings. The van der Waals surface area contributed by atoms with E-state index in [1.54, 1.807) is 13.2 Å². The molecule has 2 aliphatic carbocycles. The molecule has 1 aliphatic heterocycles. The number of rotatable bonds is 2. The molecule has 1 atom stereocenters. The van der Waals surface area contributed by atoms with Crippen LogP contribution in [0.3, 0.4) is 0 Å². The fourth-order valence-corrected chi connectivity index (χ4v) is 5.67. The van der Waals surface area contributed by atoms with Crippen LogP contribution in [-0.4, -0.2) is 24.8 Å². The molecule has 0 saturated heterocycles. The monoisotopic (exact) mass is 416 g/mol. The lowest BCUT2D eigenvalue weighted by Crippen LogP contribution is -2.43. The molecule has 0 aromatic heterocycles. The Morgan fingerprint density at radius 3 is 2.55 bits per heavy atom. The van der Waals surface area contributed by atoms with E-state index < -0.39 is 11.5 Å². The molecular formula is C25H25FN4O. The molecule has 0 unspecified atom stereocenters. The number of amidine groups is 1. The number of hydrogen-bond donors (Lipinski definition) is 1. The summed E-state index contributed by atoms with van der Waals surface area (Å²) in [5, 5.41) is 9.25. The Hall–Kier alpha value is -3.04. The van der Waals surface area contributed by atoms with Crippen molar-refractivity contribution in [1.29, 1.82) is 5.26 Å². The van der Waals surface area contributed by atoms with Crippen LogP contribution in [0.1, 0.15) is 49.3 Å². The van der Waals surface area contributed by atoms with Gasteiger partial charge in [-0.1, -0.05) is 12.1 Å². The summed E-state index contributed by atoms with van der Waals surface area (Å²) in [6.07, 6.45) is 5.02. The Morgan fingerprint density at radius 2 is 1.90 bits per heavy atom. The third kappa shape index (κ3) is 2.91. The van der Waals surface area contributed by atoms with Crippen molar-refractivity contribution in [1.82, 2.24) is 0 Å². The lowest BCUT2D eigenvalue weighted by Gasteiger charge is -2.44. The van der Waals surface area contributed by atoms with Crippen LogP contribution in [-0.2, 0) is 16.8 Å². The van der Waals surface area contributed by atoms with Crippen molar-refractivity contribution in [3.05, 3.63) is 58.9 Å². The van der Waals surface area contributed by atoms with Crippen molar-refractivity contribution in [2.75, 3.05) is 7.11 Å². The van der Waals surface area contributed by atoms with Crippen molar-refractivity contribution < 1.29 is 9.13 Å². The van der Waals surface area contributed by atoms with Crippen LogP contribution in [0, 0.1) is 22.6 Å². The van der Waals surface area contributed by atoms with Gasteiger partial charge in [-0.3, -0.25) is 4.99 Å². The molecule has 2 aromatic rings. The van der Waals surface area contributed by atoms with Crippen LogP contribution < -0.4 is 5.73 Å². The average molecular weight is 417 g/mol. The molecule has 2 N–H and O–H groups in total. The third-order valence-corrected chi connectivity index (χ3v) is 7.32. The molecule has 1 saturated carbocycles. The highest BCUT2D eigenvalue weighted by atomic mass is 19.1. The molecule has 1 heterocycles. The summed E-state index contributed by atoms with van der Waals surface area (Å²) in [5.41, 5.74) is 10.2. The molecule has 6 heteroatoms. The molecule has 0 amide bonds. The number of hydrogen-bond acceptors (Lipinski definition) is 5. The van der Waals surface area contributed by atoms with Crippen LogP contribution in [0.2, 0.25) is 0 Å². The molecule has 5 nitrogen and oxygen atoms in total. The smallest absolute Gasteiger partial charge is 0.184 e. The third-order valence-electron chi connectivity index (χ3n) is 7.32. The number of nitrogens with two attached hydrogens (primary N) is 1. The number of benzene rings is 2. The normalized spacial score (nSPS) is 29.0. The second-order valence-corrected chi connectivity index (χ2v) is 8.97. The molecule has 31 heavy (non-hydrogen) atoms.